The maximum atomic E-state index is 12.6. The molecule has 0 radical (unpaired) electrons. The molecular weight excluding hydrogens is 314 g/mol. The second kappa shape index (κ2) is 6.61. The van der Waals surface area contributed by atoms with Crippen LogP contribution < -0.4 is 5.32 Å². The standard InChI is InChI=1S/C19H31N5O/c1-14(2)21-18(25)23-11-16(19(12-23)8-4-3-5-9-19)17-22-20-13-24(17)10-15-6-7-15/h13-16H,3-12H2,1-2H3,(H,21,25). The Kier molecular flexibility index (Phi) is 4.46. The van der Waals surface area contributed by atoms with Crippen LogP contribution in [0.25, 0.3) is 0 Å². The van der Waals surface area contributed by atoms with E-state index in [0.717, 1.165) is 31.4 Å². The van der Waals surface area contributed by atoms with Gasteiger partial charge in [0.2, 0.25) is 0 Å². The first-order valence-corrected chi connectivity index (χ1v) is 10.0. The summed E-state index contributed by atoms with van der Waals surface area (Å²) in [5, 5.41) is 11.8. The van der Waals surface area contributed by atoms with Crippen molar-refractivity contribution in [1.29, 1.82) is 0 Å². The van der Waals surface area contributed by atoms with E-state index in [2.05, 4.69) is 20.1 Å². The summed E-state index contributed by atoms with van der Waals surface area (Å²) < 4.78 is 2.28. The highest BCUT2D eigenvalue weighted by Crippen LogP contribution is 2.51. The van der Waals surface area contributed by atoms with Crippen LogP contribution in [0.2, 0.25) is 0 Å². The Morgan fingerprint density at radius 3 is 2.76 bits per heavy atom. The number of aromatic nitrogens is 3. The molecule has 25 heavy (non-hydrogen) atoms. The molecule has 2 aliphatic carbocycles. The van der Waals surface area contributed by atoms with Gasteiger partial charge in [-0.3, -0.25) is 0 Å². The molecule has 0 aromatic carbocycles. The summed E-state index contributed by atoms with van der Waals surface area (Å²) in [7, 11) is 0. The van der Waals surface area contributed by atoms with E-state index in [1.54, 1.807) is 0 Å². The van der Waals surface area contributed by atoms with Crippen molar-refractivity contribution < 1.29 is 4.79 Å². The predicted octanol–water partition coefficient (Wildman–Crippen LogP) is 3.16. The van der Waals surface area contributed by atoms with Crippen molar-refractivity contribution >= 4 is 6.03 Å². The molecule has 1 aromatic heterocycles. The maximum absolute atomic E-state index is 12.6. The van der Waals surface area contributed by atoms with E-state index in [9.17, 15) is 4.79 Å². The zero-order valence-corrected chi connectivity index (χ0v) is 15.6. The molecule has 3 fully saturated rings. The number of hydrogen-bond donors (Lipinski definition) is 1. The summed E-state index contributed by atoms with van der Waals surface area (Å²) in [6, 6.07) is 0.253. The van der Waals surface area contributed by atoms with Gasteiger partial charge in [0.15, 0.2) is 0 Å². The second-order valence-electron chi connectivity index (χ2n) is 8.75. The number of likely N-dealkylation sites (tertiary alicyclic amines) is 1. The molecule has 2 heterocycles. The van der Waals surface area contributed by atoms with E-state index >= 15 is 0 Å². The fourth-order valence-corrected chi connectivity index (χ4v) is 4.83. The number of hydrogen-bond acceptors (Lipinski definition) is 3. The summed E-state index contributed by atoms with van der Waals surface area (Å²) in [6.07, 6.45) is 10.8. The predicted molar refractivity (Wildman–Crippen MR) is 96.2 cm³/mol. The maximum Gasteiger partial charge on any atom is 0.317 e. The van der Waals surface area contributed by atoms with Gasteiger partial charge in [-0.15, -0.1) is 10.2 Å². The highest BCUT2D eigenvalue weighted by atomic mass is 16.2. The van der Waals surface area contributed by atoms with Gasteiger partial charge in [-0.2, -0.15) is 0 Å². The number of rotatable bonds is 4. The lowest BCUT2D eigenvalue weighted by Crippen LogP contribution is -2.42. The van der Waals surface area contributed by atoms with Crippen LogP contribution in [-0.4, -0.2) is 44.8 Å². The summed E-state index contributed by atoms with van der Waals surface area (Å²) >= 11 is 0. The Morgan fingerprint density at radius 1 is 1.32 bits per heavy atom. The van der Waals surface area contributed by atoms with Crippen molar-refractivity contribution in [2.24, 2.45) is 11.3 Å². The fourth-order valence-electron chi connectivity index (χ4n) is 4.83. The number of nitrogens with one attached hydrogen (secondary N) is 1. The zero-order valence-electron chi connectivity index (χ0n) is 15.6. The summed E-state index contributed by atoms with van der Waals surface area (Å²) in [6.45, 7) is 6.74. The molecule has 1 saturated heterocycles. The minimum Gasteiger partial charge on any atom is -0.336 e. The molecule has 3 aliphatic rings. The van der Waals surface area contributed by atoms with Gasteiger partial charge in [-0.05, 0) is 50.9 Å². The second-order valence-corrected chi connectivity index (χ2v) is 8.75. The SMILES string of the molecule is CC(C)NC(=O)N1CC(c2nncn2CC2CC2)C2(CCCCC2)C1. The van der Waals surface area contributed by atoms with Gasteiger partial charge in [-0.25, -0.2) is 4.79 Å². The van der Waals surface area contributed by atoms with Crippen LogP contribution in [0.5, 0.6) is 0 Å². The Morgan fingerprint density at radius 2 is 2.08 bits per heavy atom. The van der Waals surface area contributed by atoms with Crippen molar-refractivity contribution in [1.82, 2.24) is 25.0 Å². The quantitative estimate of drug-likeness (QED) is 0.912. The third kappa shape index (κ3) is 3.40. The highest BCUT2D eigenvalue weighted by molar-refractivity contribution is 5.75. The molecule has 6 nitrogen and oxygen atoms in total. The molecule has 4 rings (SSSR count). The van der Waals surface area contributed by atoms with E-state index < -0.39 is 0 Å². The summed E-state index contributed by atoms with van der Waals surface area (Å²) in [5.41, 5.74) is 0.195. The molecule has 1 N–H and O–H groups in total. The van der Waals surface area contributed by atoms with E-state index in [4.69, 9.17) is 0 Å². The molecule has 6 heteroatoms. The number of amides is 2. The molecule has 1 aromatic rings. The third-order valence-electron chi connectivity index (χ3n) is 6.31. The molecule has 1 spiro atoms. The van der Waals surface area contributed by atoms with Gasteiger partial charge >= 0.3 is 6.03 Å². The lowest BCUT2D eigenvalue weighted by Gasteiger charge is -2.37. The van der Waals surface area contributed by atoms with Gasteiger partial charge in [0, 0.05) is 31.6 Å². The number of carbonyl (C=O) groups is 1. The number of carbonyl (C=O) groups excluding carboxylic acids is 1. The van der Waals surface area contributed by atoms with Crippen LogP contribution in [0.4, 0.5) is 4.79 Å². The van der Waals surface area contributed by atoms with E-state index in [1.165, 1.54) is 44.9 Å². The lowest BCUT2D eigenvalue weighted by molar-refractivity contribution is 0.163. The molecule has 1 atom stereocenters. The topological polar surface area (TPSA) is 63.1 Å². The molecule has 0 bridgehead atoms. The average Bonchev–Trinajstić information content (AvgIpc) is 3.16. The first-order valence-electron chi connectivity index (χ1n) is 10.0. The zero-order chi connectivity index (χ0) is 17.4. The molecule has 138 valence electrons. The Balaban J connectivity index is 1.59. The molecule has 1 aliphatic heterocycles. The number of nitrogens with zero attached hydrogens (tertiary/aromatic N) is 4. The lowest BCUT2D eigenvalue weighted by atomic mass is 9.67. The van der Waals surface area contributed by atoms with Crippen LogP contribution in [0.15, 0.2) is 6.33 Å². The first kappa shape index (κ1) is 16.9. The number of urea groups is 1. The first-order chi connectivity index (χ1) is 12.1. The van der Waals surface area contributed by atoms with E-state index in [1.807, 2.05) is 25.1 Å². The van der Waals surface area contributed by atoms with Gasteiger partial charge in [0.05, 0.1) is 0 Å². The minimum atomic E-state index is 0.0794. The fraction of sp³-hybridized carbons (Fsp3) is 0.842. The average molecular weight is 345 g/mol. The highest BCUT2D eigenvalue weighted by Gasteiger charge is 2.50. The molecule has 1 unspecified atom stereocenters. The molecule has 2 saturated carbocycles. The van der Waals surface area contributed by atoms with Crippen LogP contribution in [0.3, 0.4) is 0 Å². The van der Waals surface area contributed by atoms with E-state index in [0.29, 0.717) is 5.92 Å². The summed E-state index contributed by atoms with van der Waals surface area (Å²) in [5.74, 6) is 2.25. The van der Waals surface area contributed by atoms with Crippen molar-refractivity contribution in [2.45, 2.75) is 77.3 Å². The third-order valence-corrected chi connectivity index (χ3v) is 6.31. The van der Waals surface area contributed by atoms with Crippen molar-refractivity contribution in [3.63, 3.8) is 0 Å². The van der Waals surface area contributed by atoms with Crippen LogP contribution in [0.1, 0.15) is 70.5 Å². The largest absolute Gasteiger partial charge is 0.336 e. The van der Waals surface area contributed by atoms with Gasteiger partial charge in [0.1, 0.15) is 12.2 Å². The van der Waals surface area contributed by atoms with Crippen LogP contribution in [0, 0.1) is 11.3 Å². The van der Waals surface area contributed by atoms with Crippen molar-refractivity contribution in [2.75, 3.05) is 13.1 Å². The van der Waals surface area contributed by atoms with E-state index in [-0.39, 0.29) is 17.5 Å². The molecule has 2 amide bonds. The van der Waals surface area contributed by atoms with Crippen molar-refractivity contribution in [3.8, 4) is 0 Å². The smallest absolute Gasteiger partial charge is 0.317 e. The van der Waals surface area contributed by atoms with Crippen LogP contribution in [-0.2, 0) is 6.54 Å². The normalized spacial score (nSPS) is 25.7. The monoisotopic (exact) mass is 345 g/mol. The van der Waals surface area contributed by atoms with Gasteiger partial charge < -0.3 is 14.8 Å². The Hall–Kier alpha value is -1.59. The Bertz CT molecular complexity index is 615. The molecular formula is C19H31N5O. The van der Waals surface area contributed by atoms with Gasteiger partial charge in [-0.1, -0.05) is 19.3 Å². The summed E-state index contributed by atoms with van der Waals surface area (Å²) in [4.78, 5) is 14.7. The van der Waals surface area contributed by atoms with Gasteiger partial charge in [0.25, 0.3) is 0 Å². The minimum absolute atomic E-state index is 0.0794. The van der Waals surface area contributed by atoms with Crippen LogP contribution >= 0.6 is 0 Å². The van der Waals surface area contributed by atoms with Crippen molar-refractivity contribution in [3.05, 3.63) is 12.2 Å². The Labute approximate surface area is 150 Å².